The Kier molecular flexibility index (Phi) is 2.38. The quantitative estimate of drug-likeness (QED) is 0.706. The Bertz CT molecular complexity index is 549. The molecule has 0 saturated heterocycles. The largest absolute Gasteiger partial charge is 0.348 e. The molecule has 0 aliphatic carbocycles. The third-order valence-electron chi connectivity index (χ3n) is 3.34. The molecular weight excluding hydrogens is 198 g/mol. The van der Waals surface area contributed by atoms with Crippen LogP contribution in [-0.4, -0.2) is 10.9 Å². The Morgan fingerprint density at radius 2 is 1.88 bits per heavy atom. The van der Waals surface area contributed by atoms with E-state index in [-0.39, 0.29) is 0 Å². The van der Waals surface area contributed by atoms with E-state index in [4.69, 9.17) is 0 Å². The zero-order valence-electron chi connectivity index (χ0n) is 10.2. The number of para-hydroxylation sites is 1. The van der Waals surface area contributed by atoms with E-state index in [0.717, 1.165) is 11.8 Å². The van der Waals surface area contributed by atoms with Gasteiger partial charge in [0.05, 0.1) is 0 Å². The lowest BCUT2D eigenvalue weighted by Gasteiger charge is -2.18. The summed E-state index contributed by atoms with van der Waals surface area (Å²) in [4.78, 5) is 11.2. The second-order valence-corrected chi connectivity index (χ2v) is 4.88. The van der Waals surface area contributed by atoms with Crippen LogP contribution < -0.4 is 0 Å². The summed E-state index contributed by atoms with van der Waals surface area (Å²) in [5, 5.41) is 1.18. The number of aromatic nitrogens is 1. The average molecular weight is 215 g/mol. The molecule has 1 aromatic heterocycles. The van der Waals surface area contributed by atoms with Crippen LogP contribution in [0.3, 0.4) is 0 Å². The number of carbonyl (C=O) groups excluding carboxylic acids is 1. The van der Waals surface area contributed by atoms with Crippen molar-refractivity contribution in [2.24, 2.45) is 7.05 Å². The van der Waals surface area contributed by atoms with Crippen molar-refractivity contribution in [3.8, 4) is 0 Å². The van der Waals surface area contributed by atoms with E-state index in [0.29, 0.717) is 0 Å². The summed E-state index contributed by atoms with van der Waals surface area (Å²) in [5.41, 5.74) is 3.06. The normalized spacial score (nSPS) is 12.0. The molecule has 0 aliphatic rings. The molecule has 0 saturated carbocycles. The summed E-state index contributed by atoms with van der Waals surface area (Å²) >= 11 is 0. The van der Waals surface area contributed by atoms with Gasteiger partial charge in [0.25, 0.3) is 0 Å². The Morgan fingerprint density at radius 1 is 1.25 bits per heavy atom. The van der Waals surface area contributed by atoms with Crippen molar-refractivity contribution in [2.75, 3.05) is 0 Å². The SMILES string of the molecule is Cc1c(C(C)(C)C=O)c2ccccc2n1C. The van der Waals surface area contributed by atoms with E-state index in [1.807, 2.05) is 33.0 Å². The first-order chi connectivity index (χ1) is 7.49. The van der Waals surface area contributed by atoms with Gasteiger partial charge in [-0.25, -0.2) is 0 Å². The highest BCUT2D eigenvalue weighted by molar-refractivity contribution is 5.90. The van der Waals surface area contributed by atoms with Gasteiger partial charge in [-0.3, -0.25) is 0 Å². The Balaban J connectivity index is 2.89. The fourth-order valence-electron chi connectivity index (χ4n) is 2.39. The number of hydrogen-bond acceptors (Lipinski definition) is 1. The molecule has 0 aliphatic heterocycles. The molecule has 0 radical (unpaired) electrons. The maximum Gasteiger partial charge on any atom is 0.130 e. The Morgan fingerprint density at radius 3 is 2.50 bits per heavy atom. The zero-order valence-corrected chi connectivity index (χ0v) is 10.2. The van der Waals surface area contributed by atoms with Gasteiger partial charge in [0, 0.05) is 29.1 Å². The second kappa shape index (κ2) is 3.48. The van der Waals surface area contributed by atoms with Gasteiger partial charge in [0.1, 0.15) is 6.29 Å². The molecule has 0 atom stereocenters. The van der Waals surface area contributed by atoms with Crippen LogP contribution in [0.15, 0.2) is 24.3 Å². The number of carbonyl (C=O) groups is 1. The van der Waals surface area contributed by atoms with E-state index in [9.17, 15) is 4.79 Å². The van der Waals surface area contributed by atoms with Crippen LogP contribution in [-0.2, 0) is 17.3 Å². The molecule has 1 heterocycles. The van der Waals surface area contributed by atoms with Gasteiger partial charge in [0.2, 0.25) is 0 Å². The molecule has 2 aromatic rings. The first-order valence-corrected chi connectivity index (χ1v) is 5.50. The first-order valence-electron chi connectivity index (χ1n) is 5.50. The predicted octanol–water partition coefficient (Wildman–Crippen LogP) is 2.96. The highest BCUT2D eigenvalue weighted by Crippen LogP contribution is 2.33. The lowest BCUT2D eigenvalue weighted by atomic mass is 9.84. The third-order valence-corrected chi connectivity index (χ3v) is 3.34. The standard InChI is InChI=1S/C14H17NO/c1-10-13(14(2,3)9-16)11-7-5-6-8-12(11)15(10)4/h5-9H,1-4H3. The van der Waals surface area contributed by atoms with Crippen molar-refractivity contribution in [1.82, 2.24) is 4.57 Å². The molecule has 0 spiro atoms. The highest BCUT2D eigenvalue weighted by Gasteiger charge is 2.26. The average Bonchev–Trinajstić information content (AvgIpc) is 2.53. The van der Waals surface area contributed by atoms with Crippen LogP contribution >= 0.6 is 0 Å². The number of benzene rings is 1. The molecule has 0 amide bonds. The van der Waals surface area contributed by atoms with Crippen molar-refractivity contribution < 1.29 is 4.79 Å². The van der Waals surface area contributed by atoms with E-state index >= 15 is 0 Å². The lowest BCUT2D eigenvalue weighted by molar-refractivity contribution is -0.111. The fourth-order valence-corrected chi connectivity index (χ4v) is 2.39. The summed E-state index contributed by atoms with van der Waals surface area (Å²) in [6, 6.07) is 8.22. The van der Waals surface area contributed by atoms with Gasteiger partial charge in [-0.1, -0.05) is 18.2 Å². The van der Waals surface area contributed by atoms with Crippen LogP contribution in [0.4, 0.5) is 0 Å². The molecule has 1 aromatic carbocycles. The third kappa shape index (κ3) is 1.37. The minimum absolute atomic E-state index is 0.426. The Hall–Kier alpha value is -1.57. The molecule has 0 unspecified atom stereocenters. The Labute approximate surface area is 95.9 Å². The maximum absolute atomic E-state index is 11.2. The monoisotopic (exact) mass is 215 g/mol. The van der Waals surface area contributed by atoms with Gasteiger partial charge in [-0.2, -0.15) is 0 Å². The molecule has 2 nitrogen and oxygen atoms in total. The number of aldehydes is 1. The second-order valence-electron chi connectivity index (χ2n) is 4.88. The van der Waals surface area contributed by atoms with Gasteiger partial charge in [-0.05, 0) is 32.4 Å². The predicted molar refractivity (Wildman–Crippen MR) is 66.7 cm³/mol. The highest BCUT2D eigenvalue weighted by atomic mass is 16.1. The first kappa shape index (κ1) is 10.9. The van der Waals surface area contributed by atoms with Crippen LogP contribution in [0.2, 0.25) is 0 Å². The van der Waals surface area contributed by atoms with E-state index in [1.165, 1.54) is 16.6 Å². The number of nitrogens with zero attached hydrogens (tertiary/aromatic N) is 1. The van der Waals surface area contributed by atoms with Crippen LogP contribution in [0.5, 0.6) is 0 Å². The van der Waals surface area contributed by atoms with Crippen LogP contribution in [0.1, 0.15) is 25.1 Å². The maximum atomic E-state index is 11.2. The molecule has 84 valence electrons. The summed E-state index contributed by atoms with van der Waals surface area (Å²) in [5.74, 6) is 0. The van der Waals surface area contributed by atoms with Crippen molar-refractivity contribution in [3.63, 3.8) is 0 Å². The summed E-state index contributed by atoms with van der Waals surface area (Å²) in [7, 11) is 2.04. The lowest BCUT2D eigenvalue weighted by Crippen LogP contribution is -2.19. The van der Waals surface area contributed by atoms with Crippen molar-refractivity contribution in [3.05, 3.63) is 35.5 Å². The molecule has 0 fully saturated rings. The molecule has 2 rings (SSSR count). The van der Waals surface area contributed by atoms with Crippen LogP contribution in [0.25, 0.3) is 10.9 Å². The minimum Gasteiger partial charge on any atom is -0.348 e. The number of hydrogen-bond donors (Lipinski definition) is 0. The van der Waals surface area contributed by atoms with E-state index in [1.54, 1.807) is 0 Å². The number of aryl methyl sites for hydroxylation is 1. The van der Waals surface area contributed by atoms with Gasteiger partial charge >= 0.3 is 0 Å². The van der Waals surface area contributed by atoms with Crippen molar-refractivity contribution in [1.29, 1.82) is 0 Å². The topological polar surface area (TPSA) is 22.0 Å². The van der Waals surface area contributed by atoms with Gasteiger partial charge in [-0.15, -0.1) is 0 Å². The van der Waals surface area contributed by atoms with E-state index in [2.05, 4.69) is 23.6 Å². The van der Waals surface area contributed by atoms with Crippen LogP contribution in [0, 0.1) is 6.92 Å². The minimum atomic E-state index is -0.426. The molecule has 0 N–H and O–H groups in total. The van der Waals surface area contributed by atoms with Gasteiger partial charge < -0.3 is 9.36 Å². The number of rotatable bonds is 2. The number of fused-ring (bicyclic) bond motifs is 1. The van der Waals surface area contributed by atoms with E-state index < -0.39 is 5.41 Å². The summed E-state index contributed by atoms with van der Waals surface area (Å²) in [6.45, 7) is 6.00. The molecule has 2 heteroatoms. The summed E-state index contributed by atoms with van der Waals surface area (Å²) in [6.07, 6.45) is 1.03. The molecule has 16 heavy (non-hydrogen) atoms. The molecule has 0 bridgehead atoms. The van der Waals surface area contributed by atoms with Gasteiger partial charge in [0.15, 0.2) is 0 Å². The zero-order chi connectivity index (χ0) is 11.9. The fraction of sp³-hybridized carbons (Fsp3) is 0.357. The van der Waals surface area contributed by atoms with Crippen molar-refractivity contribution >= 4 is 17.2 Å². The smallest absolute Gasteiger partial charge is 0.130 e. The van der Waals surface area contributed by atoms with Crippen molar-refractivity contribution in [2.45, 2.75) is 26.2 Å². The summed E-state index contributed by atoms with van der Waals surface area (Å²) < 4.78 is 2.15. The molecular formula is C14H17NO.